The molecule has 1 aliphatic rings. The molecule has 0 spiro atoms. The molecule has 3 atom stereocenters. The van der Waals surface area contributed by atoms with E-state index in [0.717, 1.165) is 35.1 Å². The maximum Gasteiger partial charge on any atom is 0.237 e. The molecule has 2 aromatic heterocycles. The van der Waals surface area contributed by atoms with Crippen molar-refractivity contribution in [1.82, 2.24) is 20.3 Å². The minimum atomic E-state index is -3.46. The Bertz CT molecular complexity index is 1340. The average molecular weight is 515 g/mol. The fourth-order valence-corrected chi connectivity index (χ4v) is 4.37. The van der Waals surface area contributed by atoms with Crippen LogP contribution in [0.3, 0.4) is 0 Å². The van der Waals surface area contributed by atoms with E-state index in [1.165, 1.54) is 6.20 Å². The molecule has 36 heavy (non-hydrogen) atoms. The lowest BCUT2D eigenvalue weighted by Crippen LogP contribution is -2.26. The fraction of sp³-hybridized carbons (Fsp3) is 0.360. The van der Waals surface area contributed by atoms with Crippen LogP contribution in [0.15, 0.2) is 53.8 Å². The maximum absolute atomic E-state index is 11.7. The van der Waals surface area contributed by atoms with E-state index in [0.29, 0.717) is 18.1 Å². The molecule has 0 fully saturated rings. The normalized spacial score (nSPS) is 18.4. The number of nitrogens with zero attached hydrogens (tertiary/aromatic N) is 2. The molecule has 4 rings (SSSR count). The number of hydrogen-bond acceptors (Lipinski definition) is 9. The summed E-state index contributed by atoms with van der Waals surface area (Å²) in [6.07, 6.45) is 5.32. The Labute approximate surface area is 210 Å². The number of H-pyrrole nitrogens is 1. The highest BCUT2D eigenvalue weighted by Gasteiger charge is 2.24. The van der Waals surface area contributed by atoms with E-state index in [2.05, 4.69) is 20.3 Å². The minimum Gasteiger partial charge on any atom is -0.488 e. The highest BCUT2D eigenvalue weighted by atomic mass is 32.2. The van der Waals surface area contributed by atoms with Crippen molar-refractivity contribution >= 4 is 15.5 Å². The van der Waals surface area contributed by atoms with Crippen molar-refractivity contribution in [3.05, 3.63) is 54.5 Å². The van der Waals surface area contributed by atoms with E-state index in [1.54, 1.807) is 13.2 Å². The number of benzene rings is 1. The molecule has 1 aliphatic heterocycles. The third-order valence-electron chi connectivity index (χ3n) is 5.73. The first-order chi connectivity index (χ1) is 17.2. The SMILES string of the molecule is COC[C@H](C)Oc1cc(Oc2cnc(S(C)(=O)=O)cn2)cc(-c2ccc(C3=C[C@@H](CO)[C@H](C)N3)[nH]2)c1. The van der Waals surface area contributed by atoms with Crippen molar-refractivity contribution in [2.24, 2.45) is 5.92 Å². The Balaban J connectivity index is 1.64. The van der Waals surface area contributed by atoms with Gasteiger partial charge in [-0.3, -0.25) is 0 Å². The van der Waals surface area contributed by atoms with Gasteiger partial charge in [0.2, 0.25) is 5.88 Å². The molecule has 3 heterocycles. The van der Waals surface area contributed by atoms with Crippen molar-refractivity contribution < 1.29 is 27.7 Å². The van der Waals surface area contributed by atoms with Crippen molar-refractivity contribution in [2.75, 3.05) is 26.6 Å². The third-order valence-corrected chi connectivity index (χ3v) is 6.70. The van der Waals surface area contributed by atoms with Crippen molar-refractivity contribution in [1.29, 1.82) is 0 Å². The second-order valence-corrected chi connectivity index (χ2v) is 10.8. The highest BCUT2D eigenvalue weighted by molar-refractivity contribution is 7.90. The van der Waals surface area contributed by atoms with Gasteiger partial charge in [-0.15, -0.1) is 0 Å². The van der Waals surface area contributed by atoms with Gasteiger partial charge in [0.25, 0.3) is 0 Å². The van der Waals surface area contributed by atoms with Gasteiger partial charge in [0.05, 0.1) is 37.0 Å². The molecular weight excluding hydrogens is 484 g/mol. The summed E-state index contributed by atoms with van der Waals surface area (Å²) in [6.45, 7) is 4.43. The zero-order valence-corrected chi connectivity index (χ0v) is 21.4. The number of sulfone groups is 1. The number of aromatic amines is 1. The molecular formula is C25H30N4O6S. The molecule has 0 amide bonds. The largest absolute Gasteiger partial charge is 0.488 e. The van der Waals surface area contributed by atoms with Crippen LogP contribution in [0.4, 0.5) is 0 Å². The smallest absolute Gasteiger partial charge is 0.237 e. The quantitative estimate of drug-likeness (QED) is 0.373. The highest BCUT2D eigenvalue weighted by Crippen LogP contribution is 2.33. The number of aliphatic hydroxyl groups is 1. The van der Waals surface area contributed by atoms with Crippen LogP contribution in [0.2, 0.25) is 0 Å². The summed E-state index contributed by atoms with van der Waals surface area (Å²) in [5.74, 6) is 1.21. The zero-order valence-electron chi connectivity index (χ0n) is 20.6. The Morgan fingerprint density at radius 1 is 1.11 bits per heavy atom. The molecule has 0 unspecified atom stereocenters. The number of rotatable bonds is 10. The van der Waals surface area contributed by atoms with Crippen LogP contribution >= 0.6 is 0 Å². The first-order valence-corrected chi connectivity index (χ1v) is 13.3. The molecule has 3 N–H and O–H groups in total. The number of methoxy groups -OCH3 is 1. The van der Waals surface area contributed by atoms with Gasteiger partial charge >= 0.3 is 0 Å². The molecule has 0 saturated carbocycles. The lowest BCUT2D eigenvalue weighted by molar-refractivity contribution is 0.0920. The van der Waals surface area contributed by atoms with Gasteiger partial charge in [-0.1, -0.05) is 6.08 Å². The van der Waals surface area contributed by atoms with Crippen molar-refractivity contribution in [3.63, 3.8) is 0 Å². The zero-order chi connectivity index (χ0) is 25.9. The van der Waals surface area contributed by atoms with Crippen LogP contribution in [0.1, 0.15) is 19.5 Å². The minimum absolute atomic E-state index is 0.0564. The number of ether oxygens (including phenoxy) is 3. The monoisotopic (exact) mass is 514 g/mol. The van der Waals surface area contributed by atoms with Gasteiger partial charge < -0.3 is 29.6 Å². The van der Waals surface area contributed by atoms with Crippen molar-refractivity contribution in [3.8, 4) is 28.6 Å². The van der Waals surface area contributed by atoms with E-state index in [-0.39, 0.29) is 35.6 Å². The molecule has 3 aromatic rings. The lowest BCUT2D eigenvalue weighted by atomic mass is 10.1. The molecule has 0 saturated heterocycles. The molecule has 0 bridgehead atoms. The molecule has 10 nitrogen and oxygen atoms in total. The molecule has 0 aliphatic carbocycles. The predicted octanol–water partition coefficient (Wildman–Crippen LogP) is 3.02. The van der Waals surface area contributed by atoms with Crippen LogP contribution in [0, 0.1) is 5.92 Å². The van der Waals surface area contributed by atoms with E-state index >= 15 is 0 Å². The van der Waals surface area contributed by atoms with Gasteiger partial charge in [0.1, 0.15) is 17.6 Å². The maximum atomic E-state index is 11.7. The van der Waals surface area contributed by atoms with E-state index in [4.69, 9.17) is 14.2 Å². The van der Waals surface area contributed by atoms with Crippen molar-refractivity contribution in [2.45, 2.75) is 31.0 Å². The Kier molecular flexibility index (Phi) is 7.62. The number of nitrogens with one attached hydrogen (secondary N) is 2. The summed E-state index contributed by atoms with van der Waals surface area (Å²) >= 11 is 0. The van der Waals surface area contributed by atoms with Crippen LogP contribution < -0.4 is 14.8 Å². The Hall–Kier alpha value is -3.41. The van der Waals surface area contributed by atoms with E-state index in [9.17, 15) is 13.5 Å². The van der Waals surface area contributed by atoms with Crippen LogP contribution in [0.25, 0.3) is 17.0 Å². The van der Waals surface area contributed by atoms with Crippen LogP contribution in [-0.4, -0.2) is 67.2 Å². The lowest BCUT2D eigenvalue weighted by Gasteiger charge is -2.16. The van der Waals surface area contributed by atoms with Gasteiger partial charge in [-0.25, -0.2) is 18.4 Å². The molecule has 1 aromatic carbocycles. The summed E-state index contributed by atoms with van der Waals surface area (Å²) in [7, 11) is -1.85. The summed E-state index contributed by atoms with van der Waals surface area (Å²) < 4.78 is 40.4. The Morgan fingerprint density at radius 2 is 1.86 bits per heavy atom. The first-order valence-electron chi connectivity index (χ1n) is 11.5. The van der Waals surface area contributed by atoms with Gasteiger partial charge in [-0.05, 0) is 38.1 Å². The summed E-state index contributed by atoms with van der Waals surface area (Å²) in [5, 5.41) is 12.8. The number of aromatic nitrogens is 3. The van der Waals surface area contributed by atoms with Gasteiger partial charge in [0.15, 0.2) is 14.9 Å². The topological polar surface area (TPSA) is 136 Å². The predicted molar refractivity (Wildman–Crippen MR) is 135 cm³/mol. The second kappa shape index (κ2) is 10.7. The van der Waals surface area contributed by atoms with E-state index in [1.807, 2.05) is 44.2 Å². The number of hydrogen-bond donors (Lipinski definition) is 3. The third kappa shape index (κ3) is 6.04. The molecule has 11 heteroatoms. The molecule has 192 valence electrons. The molecule has 0 radical (unpaired) electrons. The summed E-state index contributed by atoms with van der Waals surface area (Å²) in [5.41, 5.74) is 3.48. The van der Waals surface area contributed by atoms with Gasteiger partial charge in [-0.2, -0.15) is 0 Å². The Morgan fingerprint density at radius 3 is 2.50 bits per heavy atom. The first kappa shape index (κ1) is 25.7. The second-order valence-electron chi connectivity index (χ2n) is 8.79. The van der Waals surface area contributed by atoms with Crippen LogP contribution in [0.5, 0.6) is 17.4 Å². The summed E-state index contributed by atoms with van der Waals surface area (Å²) in [4.78, 5) is 11.4. The number of aliphatic hydroxyl groups excluding tert-OH is 1. The average Bonchev–Trinajstić information content (AvgIpc) is 3.45. The summed E-state index contributed by atoms with van der Waals surface area (Å²) in [6, 6.07) is 9.51. The van der Waals surface area contributed by atoms with Gasteiger partial charge in [0, 0.05) is 42.6 Å². The standard InChI is InChI=1S/C25H30N4O6S/c1-15(14-33-3)34-19-7-17(21-5-6-22(29-21)23-9-18(13-30)16(2)28-23)8-20(10-19)35-24-11-27-25(12-26-24)36(4,31)32/h5-12,15-16,18,28-30H,13-14H2,1-4H3/t15-,16-,18-/m0/s1. The van der Waals surface area contributed by atoms with E-state index < -0.39 is 9.84 Å². The van der Waals surface area contributed by atoms with Crippen LogP contribution in [-0.2, 0) is 14.6 Å². The fourth-order valence-electron chi connectivity index (χ4n) is 3.88.